The summed E-state index contributed by atoms with van der Waals surface area (Å²) < 4.78 is 1.88. The first-order valence-electron chi connectivity index (χ1n) is 4.68. The third-order valence-corrected chi connectivity index (χ3v) is 1.90. The van der Waals surface area contributed by atoms with Crippen LogP contribution < -0.4 is 0 Å². The largest absolute Gasteiger partial charge is 0.272 e. The molecule has 1 aromatic heterocycles. The molecule has 0 saturated heterocycles. The molecule has 0 fully saturated rings. The molecule has 0 amide bonds. The fourth-order valence-electron chi connectivity index (χ4n) is 1.04. The van der Waals surface area contributed by atoms with Crippen molar-refractivity contribution in [3.05, 3.63) is 48.8 Å². The van der Waals surface area contributed by atoms with Crippen LogP contribution in [0.1, 0.15) is 19.4 Å². The van der Waals surface area contributed by atoms with Crippen LogP contribution in [0.4, 0.5) is 0 Å². The Bertz CT molecular complexity index is 369. The van der Waals surface area contributed by atoms with E-state index in [-0.39, 0.29) is 0 Å². The zero-order valence-electron chi connectivity index (χ0n) is 8.83. The van der Waals surface area contributed by atoms with Crippen LogP contribution in [0.25, 0.3) is 5.57 Å². The van der Waals surface area contributed by atoms with Gasteiger partial charge in [-0.3, -0.25) is 4.68 Å². The van der Waals surface area contributed by atoms with Crippen molar-refractivity contribution in [3.63, 3.8) is 0 Å². The number of aryl methyl sites for hydroxylation is 1. The molecule has 0 radical (unpaired) electrons. The lowest BCUT2D eigenvalue weighted by atomic mass is 10.1. The van der Waals surface area contributed by atoms with Crippen molar-refractivity contribution in [2.75, 3.05) is 0 Å². The number of hydrogen-bond acceptors (Lipinski definition) is 1. The average Bonchev–Trinajstić information content (AvgIpc) is 2.62. The molecule has 2 heteroatoms. The van der Waals surface area contributed by atoms with Crippen molar-refractivity contribution < 1.29 is 0 Å². The maximum Gasteiger partial charge on any atom is 0.0568 e. The second-order valence-corrected chi connectivity index (χ2v) is 3.29. The molecule has 0 aliphatic heterocycles. The van der Waals surface area contributed by atoms with Crippen molar-refractivity contribution >= 4 is 5.57 Å². The highest BCUT2D eigenvalue weighted by atomic mass is 15.3. The first kappa shape index (κ1) is 10.5. The molecule has 1 heterocycles. The van der Waals surface area contributed by atoms with Crippen molar-refractivity contribution in [2.45, 2.75) is 20.4 Å². The summed E-state index contributed by atoms with van der Waals surface area (Å²) in [5.74, 6) is 0. The Kier molecular flexibility index (Phi) is 3.46. The molecule has 74 valence electrons. The summed E-state index contributed by atoms with van der Waals surface area (Å²) in [6.07, 6.45) is 7.73. The zero-order valence-corrected chi connectivity index (χ0v) is 8.83. The van der Waals surface area contributed by atoms with E-state index < -0.39 is 0 Å². The highest BCUT2D eigenvalue weighted by Crippen LogP contribution is 2.13. The summed E-state index contributed by atoms with van der Waals surface area (Å²) in [7, 11) is 0. The predicted molar refractivity (Wildman–Crippen MR) is 60.9 cm³/mol. The summed E-state index contributed by atoms with van der Waals surface area (Å²) in [6.45, 7) is 12.7. The topological polar surface area (TPSA) is 17.8 Å². The maximum absolute atomic E-state index is 4.18. The lowest BCUT2D eigenvalue weighted by Crippen LogP contribution is -1.92. The average molecular weight is 188 g/mol. The molecule has 2 nitrogen and oxygen atoms in total. The number of rotatable bonds is 4. The molecule has 0 unspecified atom stereocenters. The minimum Gasteiger partial charge on any atom is -0.272 e. The Morgan fingerprint density at radius 2 is 2.21 bits per heavy atom. The molecule has 0 aliphatic carbocycles. The van der Waals surface area contributed by atoms with Gasteiger partial charge < -0.3 is 0 Å². The summed E-state index contributed by atoms with van der Waals surface area (Å²) in [5, 5.41) is 4.18. The minimum atomic E-state index is 0.886. The van der Waals surface area contributed by atoms with E-state index in [0.29, 0.717) is 0 Å². The van der Waals surface area contributed by atoms with Gasteiger partial charge in [-0.05, 0) is 19.4 Å². The fourth-order valence-corrected chi connectivity index (χ4v) is 1.04. The summed E-state index contributed by atoms with van der Waals surface area (Å²) in [4.78, 5) is 0. The van der Waals surface area contributed by atoms with Crippen molar-refractivity contribution in [3.8, 4) is 0 Å². The Hall–Kier alpha value is -1.57. The molecule has 0 atom stereocenters. The standard InChI is InChI=1S/C12H16N2/c1-5-14-9-12(8-13-14)11(4)7-6-10(2)3/h6-9H,2,4-5H2,1,3H3/b7-6-. The molecule has 14 heavy (non-hydrogen) atoms. The number of aromatic nitrogens is 2. The van der Waals surface area contributed by atoms with Crippen LogP contribution in [0.3, 0.4) is 0 Å². The lowest BCUT2D eigenvalue weighted by molar-refractivity contribution is 0.660. The predicted octanol–water partition coefficient (Wildman–Crippen LogP) is 3.05. The molecular formula is C12H16N2. The van der Waals surface area contributed by atoms with Gasteiger partial charge in [-0.2, -0.15) is 5.10 Å². The van der Waals surface area contributed by atoms with Gasteiger partial charge in [-0.15, -0.1) is 0 Å². The van der Waals surface area contributed by atoms with Crippen LogP contribution in [0.5, 0.6) is 0 Å². The third kappa shape index (κ3) is 2.73. The van der Waals surface area contributed by atoms with E-state index in [4.69, 9.17) is 0 Å². The van der Waals surface area contributed by atoms with Crippen LogP contribution in [0.2, 0.25) is 0 Å². The van der Waals surface area contributed by atoms with Gasteiger partial charge in [0.15, 0.2) is 0 Å². The van der Waals surface area contributed by atoms with Crippen LogP contribution in [-0.2, 0) is 6.54 Å². The molecule has 0 N–H and O–H groups in total. The number of allylic oxidation sites excluding steroid dienone is 4. The van der Waals surface area contributed by atoms with Gasteiger partial charge in [0.25, 0.3) is 0 Å². The monoisotopic (exact) mass is 188 g/mol. The van der Waals surface area contributed by atoms with Gasteiger partial charge >= 0.3 is 0 Å². The summed E-state index contributed by atoms with van der Waals surface area (Å²) >= 11 is 0. The Balaban J connectivity index is 2.74. The Labute approximate surface area is 85.3 Å². The third-order valence-electron chi connectivity index (χ3n) is 1.90. The van der Waals surface area contributed by atoms with E-state index in [2.05, 4.69) is 25.2 Å². The first-order chi connectivity index (χ1) is 6.63. The van der Waals surface area contributed by atoms with Crippen LogP contribution in [0, 0.1) is 0 Å². The van der Waals surface area contributed by atoms with Gasteiger partial charge in [-0.25, -0.2) is 0 Å². The molecule has 0 bridgehead atoms. The normalized spacial score (nSPS) is 10.7. The summed E-state index contributed by atoms with van der Waals surface area (Å²) in [5.41, 5.74) is 3.05. The summed E-state index contributed by atoms with van der Waals surface area (Å²) in [6, 6.07) is 0. The van der Waals surface area contributed by atoms with Crippen LogP contribution >= 0.6 is 0 Å². The van der Waals surface area contributed by atoms with Crippen LogP contribution in [0.15, 0.2) is 43.3 Å². The first-order valence-corrected chi connectivity index (χ1v) is 4.68. The Morgan fingerprint density at radius 1 is 1.50 bits per heavy atom. The van der Waals surface area contributed by atoms with Gasteiger partial charge in [0.05, 0.1) is 6.20 Å². The number of hydrogen-bond donors (Lipinski definition) is 0. The maximum atomic E-state index is 4.18. The SMILES string of the molecule is C=C(C)/C=C\C(=C)c1cnn(CC)c1. The molecular weight excluding hydrogens is 172 g/mol. The molecule has 0 spiro atoms. The highest BCUT2D eigenvalue weighted by molar-refractivity contribution is 5.71. The van der Waals surface area contributed by atoms with Gasteiger partial charge in [0.1, 0.15) is 0 Å². The van der Waals surface area contributed by atoms with Crippen molar-refractivity contribution in [2.24, 2.45) is 0 Å². The smallest absolute Gasteiger partial charge is 0.0568 e. The molecule has 1 aromatic rings. The number of nitrogens with zero attached hydrogens (tertiary/aromatic N) is 2. The molecule has 0 aliphatic rings. The molecule has 0 aromatic carbocycles. The van der Waals surface area contributed by atoms with Crippen LogP contribution in [-0.4, -0.2) is 9.78 Å². The second kappa shape index (κ2) is 4.61. The lowest BCUT2D eigenvalue weighted by Gasteiger charge is -1.94. The van der Waals surface area contributed by atoms with Gasteiger partial charge in [0, 0.05) is 18.3 Å². The van der Waals surface area contributed by atoms with E-state index in [1.165, 1.54) is 0 Å². The molecule has 1 rings (SSSR count). The zero-order chi connectivity index (χ0) is 10.6. The fraction of sp³-hybridized carbons (Fsp3) is 0.250. The van der Waals surface area contributed by atoms with E-state index in [1.807, 2.05) is 36.2 Å². The van der Waals surface area contributed by atoms with Crippen molar-refractivity contribution in [1.29, 1.82) is 0 Å². The van der Waals surface area contributed by atoms with E-state index in [9.17, 15) is 0 Å². The Morgan fingerprint density at radius 3 is 2.71 bits per heavy atom. The quantitative estimate of drug-likeness (QED) is 0.664. The van der Waals surface area contributed by atoms with E-state index in [1.54, 1.807) is 0 Å². The second-order valence-electron chi connectivity index (χ2n) is 3.29. The minimum absolute atomic E-state index is 0.886. The van der Waals surface area contributed by atoms with Gasteiger partial charge in [0.2, 0.25) is 0 Å². The molecule has 0 saturated carbocycles. The van der Waals surface area contributed by atoms with E-state index in [0.717, 1.165) is 23.3 Å². The van der Waals surface area contributed by atoms with Crippen molar-refractivity contribution in [1.82, 2.24) is 9.78 Å². The van der Waals surface area contributed by atoms with E-state index >= 15 is 0 Å². The van der Waals surface area contributed by atoms with Gasteiger partial charge in [-0.1, -0.05) is 30.9 Å². The highest BCUT2D eigenvalue weighted by Gasteiger charge is 1.98.